The van der Waals surface area contributed by atoms with Crippen LogP contribution in [-0.4, -0.2) is 32.2 Å². The molecular weight excluding hydrogens is 376 g/mol. The summed E-state index contributed by atoms with van der Waals surface area (Å²) in [6.45, 7) is 4.33. The summed E-state index contributed by atoms with van der Waals surface area (Å²) in [4.78, 5) is 14.9. The number of hydrogen-bond acceptors (Lipinski definition) is 4. The molecule has 5 nitrogen and oxygen atoms in total. The summed E-state index contributed by atoms with van der Waals surface area (Å²) in [7, 11) is 0. The molecule has 0 spiro atoms. The lowest BCUT2D eigenvalue weighted by Crippen LogP contribution is -2.36. The second-order valence-corrected chi connectivity index (χ2v) is 7.25. The number of carbonyl (C=O) groups excluding carboxylic acids is 1. The molecule has 3 aromatic rings. The van der Waals surface area contributed by atoms with Gasteiger partial charge in [0.1, 0.15) is 12.4 Å². The van der Waals surface area contributed by atoms with Crippen LogP contribution >= 0.6 is 0 Å². The maximum absolute atomic E-state index is 12.6. The average molecular weight is 402 g/mol. The summed E-state index contributed by atoms with van der Waals surface area (Å²) in [5, 5.41) is 2.99. The first kappa shape index (κ1) is 20.0. The number of amides is 1. The summed E-state index contributed by atoms with van der Waals surface area (Å²) in [6.07, 6.45) is 0. The molecule has 0 aromatic heterocycles. The van der Waals surface area contributed by atoms with Gasteiger partial charge in [0.2, 0.25) is 0 Å². The molecule has 4 rings (SSSR count). The number of rotatable bonds is 7. The van der Waals surface area contributed by atoms with E-state index >= 15 is 0 Å². The van der Waals surface area contributed by atoms with Crippen molar-refractivity contribution in [3.8, 4) is 5.75 Å². The smallest absolute Gasteiger partial charge is 0.251 e. The molecule has 1 heterocycles. The van der Waals surface area contributed by atoms with Gasteiger partial charge in [-0.1, -0.05) is 48.5 Å². The van der Waals surface area contributed by atoms with Gasteiger partial charge in [-0.25, -0.2) is 0 Å². The highest BCUT2D eigenvalue weighted by Crippen LogP contribution is 2.18. The van der Waals surface area contributed by atoms with Crippen LogP contribution in [0.25, 0.3) is 0 Å². The average Bonchev–Trinajstić information content (AvgIpc) is 2.83. The first-order valence-electron chi connectivity index (χ1n) is 10.2. The first-order valence-corrected chi connectivity index (χ1v) is 10.2. The van der Waals surface area contributed by atoms with Gasteiger partial charge in [0.25, 0.3) is 5.91 Å². The van der Waals surface area contributed by atoms with Gasteiger partial charge in [-0.2, -0.15) is 0 Å². The van der Waals surface area contributed by atoms with E-state index in [0.717, 1.165) is 37.4 Å². The van der Waals surface area contributed by atoms with Crippen molar-refractivity contribution in [1.82, 2.24) is 5.32 Å². The molecule has 1 aliphatic rings. The van der Waals surface area contributed by atoms with E-state index in [1.54, 1.807) is 12.1 Å². The maximum atomic E-state index is 12.6. The van der Waals surface area contributed by atoms with Crippen LogP contribution in [0.5, 0.6) is 5.75 Å². The van der Waals surface area contributed by atoms with Crippen LogP contribution in [0.4, 0.5) is 5.69 Å². The number of ether oxygens (including phenoxy) is 2. The van der Waals surface area contributed by atoms with E-state index < -0.39 is 0 Å². The summed E-state index contributed by atoms with van der Waals surface area (Å²) in [6, 6.07) is 25.6. The molecule has 0 radical (unpaired) electrons. The number of hydrogen-bond donors (Lipinski definition) is 1. The molecule has 30 heavy (non-hydrogen) atoms. The van der Waals surface area contributed by atoms with Crippen LogP contribution in [0.2, 0.25) is 0 Å². The first-order chi connectivity index (χ1) is 14.8. The van der Waals surface area contributed by atoms with Crippen LogP contribution in [0, 0.1) is 0 Å². The zero-order chi connectivity index (χ0) is 20.6. The Morgan fingerprint density at radius 2 is 1.67 bits per heavy atom. The molecule has 1 N–H and O–H groups in total. The third-order valence-electron chi connectivity index (χ3n) is 5.11. The number of anilines is 1. The maximum Gasteiger partial charge on any atom is 0.251 e. The number of carbonyl (C=O) groups is 1. The Morgan fingerprint density at radius 3 is 2.43 bits per heavy atom. The van der Waals surface area contributed by atoms with Gasteiger partial charge in [-0.15, -0.1) is 0 Å². The van der Waals surface area contributed by atoms with Crippen molar-refractivity contribution < 1.29 is 14.3 Å². The number of benzene rings is 3. The molecular formula is C25H26N2O3. The van der Waals surface area contributed by atoms with Crippen LogP contribution in [-0.2, 0) is 17.9 Å². The van der Waals surface area contributed by atoms with E-state index in [9.17, 15) is 4.79 Å². The Morgan fingerprint density at radius 1 is 0.900 bits per heavy atom. The van der Waals surface area contributed by atoms with E-state index in [-0.39, 0.29) is 5.91 Å². The lowest BCUT2D eigenvalue weighted by molar-refractivity contribution is 0.0950. The zero-order valence-corrected chi connectivity index (χ0v) is 16.9. The molecule has 154 valence electrons. The van der Waals surface area contributed by atoms with E-state index in [4.69, 9.17) is 9.47 Å². The largest absolute Gasteiger partial charge is 0.489 e. The fourth-order valence-corrected chi connectivity index (χ4v) is 3.40. The van der Waals surface area contributed by atoms with E-state index in [1.165, 1.54) is 5.69 Å². The second-order valence-electron chi connectivity index (χ2n) is 7.25. The second kappa shape index (κ2) is 9.94. The molecule has 3 aromatic carbocycles. The van der Waals surface area contributed by atoms with Crippen molar-refractivity contribution in [3.63, 3.8) is 0 Å². The van der Waals surface area contributed by atoms with Crippen LogP contribution in [0.1, 0.15) is 21.5 Å². The van der Waals surface area contributed by atoms with Gasteiger partial charge in [0.05, 0.1) is 13.2 Å². The Balaban J connectivity index is 1.30. The zero-order valence-electron chi connectivity index (χ0n) is 16.9. The minimum absolute atomic E-state index is 0.114. The van der Waals surface area contributed by atoms with Crippen LogP contribution < -0.4 is 15.0 Å². The quantitative estimate of drug-likeness (QED) is 0.648. The normalized spacial score (nSPS) is 13.7. The SMILES string of the molecule is O=C(NCc1ccc(N2CCOCC2)cc1)c1cccc(OCc2ccccc2)c1. The molecule has 1 amide bonds. The lowest BCUT2D eigenvalue weighted by atomic mass is 10.1. The molecule has 0 saturated carbocycles. The van der Waals surface area contributed by atoms with Crippen molar-refractivity contribution in [1.29, 1.82) is 0 Å². The van der Waals surface area contributed by atoms with Gasteiger partial charge in [0, 0.05) is 30.9 Å². The minimum atomic E-state index is -0.114. The summed E-state index contributed by atoms with van der Waals surface area (Å²) in [5.41, 5.74) is 3.94. The van der Waals surface area contributed by atoms with Crippen molar-refractivity contribution in [2.45, 2.75) is 13.2 Å². The summed E-state index contributed by atoms with van der Waals surface area (Å²) in [5.74, 6) is 0.568. The summed E-state index contributed by atoms with van der Waals surface area (Å²) < 4.78 is 11.2. The molecule has 1 aliphatic heterocycles. The standard InChI is InChI=1S/C25H26N2O3/c28-25(22-7-4-8-24(17-22)30-19-21-5-2-1-3-6-21)26-18-20-9-11-23(12-10-20)27-13-15-29-16-14-27/h1-12,17H,13-16,18-19H2,(H,26,28). The minimum Gasteiger partial charge on any atom is -0.489 e. The third-order valence-corrected chi connectivity index (χ3v) is 5.11. The Kier molecular flexibility index (Phi) is 6.62. The Labute approximate surface area is 177 Å². The van der Waals surface area contributed by atoms with E-state index in [0.29, 0.717) is 24.5 Å². The molecule has 0 bridgehead atoms. The van der Waals surface area contributed by atoms with Crippen molar-refractivity contribution >= 4 is 11.6 Å². The lowest BCUT2D eigenvalue weighted by Gasteiger charge is -2.28. The van der Waals surface area contributed by atoms with Gasteiger partial charge in [-0.3, -0.25) is 4.79 Å². The van der Waals surface area contributed by atoms with Crippen LogP contribution in [0.15, 0.2) is 78.9 Å². The number of nitrogens with zero attached hydrogens (tertiary/aromatic N) is 1. The van der Waals surface area contributed by atoms with Crippen LogP contribution in [0.3, 0.4) is 0 Å². The Hall–Kier alpha value is -3.31. The highest BCUT2D eigenvalue weighted by Gasteiger charge is 2.11. The molecule has 1 saturated heterocycles. The number of morpholine rings is 1. The Bertz CT molecular complexity index is 952. The van der Waals surface area contributed by atoms with E-state index in [2.05, 4.69) is 34.5 Å². The number of nitrogens with one attached hydrogen (secondary N) is 1. The fourth-order valence-electron chi connectivity index (χ4n) is 3.40. The van der Waals surface area contributed by atoms with Gasteiger partial charge in [-0.05, 0) is 41.5 Å². The molecule has 0 unspecified atom stereocenters. The van der Waals surface area contributed by atoms with Crippen molar-refractivity contribution in [2.75, 3.05) is 31.2 Å². The molecule has 1 fully saturated rings. The molecule has 5 heteroatoms. The predicted octanol–water partition coefficient (Wildman–Crippen LogP) is 4.03. The van der Waals surface area contributed by atoms with Gasteiger partial charge < -0.3 is 19.7 Å². The van der Waals surface area contributed by atoms with Gasteiger partial charge >= 0.3 is 0 Å². The topological polar surface area (TPSA) is 50.8 Å². The van der Waals surface area contributed by atoms with Crippen molar-refractivity contribution in [3.05, 3.63) is 95.6 Å². The molecule has 0 atom stereocenters. The predicted molar refractivity (Wildman–Crippen MR) is 118 cm³/mol. The third kappa shape index (κ3) is 5.39. The highest BCUT2D eigenvalue weighted by atomic mass is 16.5. The van der Waals surface area contributed by atoms with Gasteiger partial charge in [0.15, 0.2) is 0 Å². The van der Waals surface area contributed by atoms with E-state index in [1.807, 2.05) is 42.5 Å². The summed E-state index contributed by atoms with van der Waals surface area (Å²) >= 11 is 0. The fraction of sp³-hybridized carbons (Fsp3) is 0.240. The monoisotopic (exact) mass is 402 g/mol. The van der Waals surface area contributed by atoms with Crippen molar-refractivity contribution in [2.24, 2.45) is 0 Å². The molecule has 0 aliphatic carbocycles. The highest BCUT2D eigenvalue weighted by molar-refractivity contribution is 5.94.